The Morgan fingerprint density at radius 2 is 1.90 bits per heavy atom. The number of rotatable bonds is 5. The molecule has 0 fully saturated rings. The van der Waals surface area contributed by atoms with Gasteiger partial charge in [0.05, 0.1) is 6.04 Å². The van der Waals surface area contributed by atoms with Gasteiger partial charge in [-0.25, -0.2) is 0 Å². The number of halogens is 1. The molecule has 0 aliphatic carbocycles. The average molecular weight is 357 g/mol. The third-order valence-corrected chi connectivity index (χ3v) is 4.13. The van der Waals surface area contributed by atoms with E-state index in [4.69, 9.17) is 9.47 Å². The maximum absolute atomic E-state index is 12.1. The summed E-state index contributed by atoms with van der Waals surface area (Å²) in [5.74, 6) is 1.41. The number of amides is 1. The van der Waals surface area contributed by atoms with E-state index < -0.39 is 0 Å². The van der Waals surface area contributed by atoms with Crippen LogP contribution in [0.4, 0.5) is 0 Å². The summed E-state index contributed by atoms with van der Waals surface area (Å²) in [6.07, 6.45) is 0. The van der Waals surface area contributed by atoms with E-state index in [1.54, 1.807) is 0 Å². The lowest BCUT2D eigenvalue weighted by Crippen LogP contribution is -2.35. The van der Waals surface area contributed by atoms with Crippen molar-refractivity contribution in [1.82, 2.24) is 10.6 Å². The van der Waals surface area contributed by atoms with Gasteiger partial charge in [-0.1, -0.05) is 22.9 Å². The van der Waals surface area contributed by atoms with Crippen LogP contribution in [0.25, 0.3) is 0 Å². The third-order valence-electron chi connectivity index (χ3n) is 3.44. The molecule has 0 spiro atoms. The molecule has 2 N–H and O–H groups in total. The molecule has 0 bridgehead atoms. The number of ether oxygens (including phenoxy) is 2. The van der Waals surface area contributed by atoms with Crippen molar-refractivity contribution in [3.8, 4) is 11.5 Å². The van der Waals surface area contributed by atoms with Gasteiger partial charge in [0, 0.05) is 16.9 Å². The first-order chi connectivity index (χ1) is 10.0. The van der Waals surface area contributed by atoms with Gasteiger partial charge in [0.1, 0.15) is 13.2 Å². The molecule has 2 unspecified atom stereocenters. The molecule has 0 saturated heterocycles. The van der Waals surface area contributed by atoms with E-state index in [-0.39, 0.29) is 17.9 Å². The number of nitrogens with one attached hydrogen (secondary N) is 2. The van der Waals surface area contributed by atoms with Crippen LogP contribution in [-0.4, -0.2) is 32.7 Å². The highest BCUT2D eigenvalue weighted by atomic mass is 79.9. The standard InChI is InChI=1S/C15H21BrN2O3/c1-9(8-17-3)15(19)18-10(2)11-6-13-14(7-12(11)16)21-5-4-20-13/h6-7,9-10,17H,4-5,8H2,1-3H3,(H,18,19). The molecule has 0 aromatic heterocycles. The minimum atomic E-state index is -0.109. The van der Waals surface area contributed by atoms with E-state index in [2.05, 4.69) is 26.6 Å². The SMILES string of the molecule is CNCC(C)C(=O)NC(C)c1cc2c(cc1Br)OCCO2. The summed E-state index contributed by atoms with van der Waals surface area (Å²) >= 11 is 3.53. The highest BCUT2D eigenvalue weighted by Crippen LogP contribution is 2.37. The van der Waals surface area contributed by atoms with Gasteiger partial charge >= 0.3 is 0 Å². The molecule has 0 radical (unpaired) electrons. The summed E-state index contributed by atoms with van der Waals surface area (Å²) in [6.45, 7) is 5.62. The fourth-order valence-corrected chi connectivity index (χ4v) is 2.91. The minimum absolute atomic E-state index is 0.0265. The van der Waals surface area contributed by atoms with Crippen LogP contribution in [0.15, 0.2) is 16.6 Å². The van der Waals surface area contributed by atoms with Crippen LogP contribution in [0.5, 0.6) is 11.5 Å². The van der Waals surface area contributed by atoms with E-state index in [0.29, 0.717) is 19.8 Å². The van der Waals surface area contributed by atoms with E-state index >= 15 is 0 Å². The zero-order chi connectivity index (χ0) is 15.4. The molecular weight excluding hydrogens is 336 g/mol. The van der Waals surface area contributed by atoms with E-state index in [9.17, 15) is 4.79 Å². The Labute approximate surface area is 133 Å². The quantitative estimate of drug-likeness (QED) is 0.849. The van der Waals surface area contributed by atoms with Crippen LogP contribution < -0.4 is 20.1 Å². The highest BCUT2D eigenvalue weighted by Gasteiger charge is 2.20. The second-order valence-electron chi connectivity index (χ2n) is 5.21. The predicted molar refractivity (Wildman–Crippen MR) is 84.8 cm³/mol. The minimum Gasteiger partial charge on any atom is -0.486 e. The van der Waals surface area contributed by atoms with Crippen molar-refractivity contribution in [3.05, 3.63) is 22.2 Å². The lowest BCUT2D eigenvalue weighted by molar-refractivity contribution is -0.125. The molecule has 2 rings (SSSR count). The average Bonchev–Trinajstić information content (AvgIpc) is 2.46. The first-order valence-corrected chi connectivity index (χ1v) is 7.86. The fourth-order valence-electron chi connectivity index (χ4n) is 2.24. The zero-order valence-corrected chi connectivity index (χ0v) is 14.1. The summed E-state index contributed by atoms with van der Waals surface area (Å²) in [5.41, 5.74) is 0.976. The predicted octanol–water partition coefficient (Wildman–Crippen LogP) is 2.25. The maximum atomic E-state index is 12.1. The Balaban J connectivity index is 2.12. The topological polar surface area (TPSA) is 59.6 Å². The van der Waals surface area contributed by atoms with Gasteiger partial charge in [0.15, 0.2) is 11.5 Å². The molecule has 21 heavy (non-hydrogen) atoms. The largest absolute Gasteiger partial charge is 0.486 e. The van der Waals surface area contributed by atoms with E-state index in [1.165, 1.54) is 0 Å². The van der Waals surface area contributed by atoms with Crippen molar-refractivity contribution < 1.29 is 14.3 Å². The monoisotopic (exact) mass is 356 g/mol. The molecule has 1 aliphatic rings. The molecule has 1 aromatic carbocycles. The molecule has 1 aromatic rings. The van der Waals surface area contributed by atoms with Crippen LogP contribution in [0.3, 0.4) is 0 Å². The lowest BCUT2D eigenvalue weighted by Gasteiger charge is -2.23. The summed E-state index contributed by atoms with van der Waals surface area (Å²) in [5, 5.41) is 6.03. The van der Waals surface area contributed by atoms with Crippen molar-refractivity contribution >= 4 is 21.8 Å². The summed E-state index contributed by atoms with van der Waals surface area (Å²) < 4.78 is 12.0. The summed E-state index contributed by atoms with van der Waals surface area (Å²) in [6, 6.07) is 3.71. The molecule has 116 valence electrons. The summed E-state index contributed by atoms with van der Waals surface area (Å²) in [7, 11) is 1.84. The Kier molecular flexibility index (Phi) is 5.47. The van der Waals surface area contributed by atoms with Crippen LogP contribution >= 0.6 is 15.9 Å². The van der Waals surface area contributed by atoms with Gasteiger partial charge in [0.2, 0.25) is 5.91 Å². The lowest BCUT2D eigenvalue weighted by atomic mass is 10.1. The Bertz CT molecular complexity index is 522. The first kappa shape index (κ1) is 16.1. The zero-order valence-electron chi connectivity index (χ0n) is 12.5. The third kappa shape index (κ3) is 3.89. The number of carbonyl (C=O) groups excluding carboxylic acids is 1. The van der Waals surface area contributed by atoms with Gasteiger partial charge in [-0.2, -0.15) is 0 Å². The molecule has 5 nitrogen and oxygen atoms in total. The number of fused-ring (bicyclic) bond motifs is 1. The normalized spacial score (nSPS) is 16.2. The van der Waals surface area contributed by atoms with Gasteiger partial charge in [-0.3, -0.25) is 4.79 Å². The van der Waals surface area contributed by atoms with Gasteiger partial charge < -0.3 is 20.1 Å². The second-order valence-corrected chi connectivity index (χ2v) is 6.06. The summed E-state index contributed by atoms with van der Waals surface area (Å²) in [4.78, 5) is 12.1. The first-order valence-electron chi connectivity index (χ1n) is 7.07. The van der Waals surface area contributed by atoms with E-state index in [1.807, 2.05) is 33.0 Å². The van der Waals surface area contributed by atoms with Crippen LogP contribution in [0.2, 0.25) is 0 Å². The Hall–Kier alpha value is -1.27. The van der Waals surface area contributed by atoms with Crippen molar-refractivity contribution in [2.75, 3.05) is 26.8 Å². The number of carbonyl (C=O) groups is 1. The number of benzene rings is 1. The molecule has 2 atom stereocenters. The van der Waals surface area contributed by atoms with Crippen LogP contribution in [0, 0.1) is 5.92 Å². The van der Waals surface area contributed by atoms with Gasteiger partial charge in [-0.15, -0.1) is 0 Å². The van der Waals surface area contributed by atoms with Gasteiger partial charge in [-0.05, 0) is 31.7 Å². The second kappa shape index (κ2) is 7.13. The van der Waals surface area contributed by atoms with E-state index in [0.717, 1.165) is 21.5 Å². The molecular formula is C15H21BrN2O3. The molecule has 1 aliphatic heterocycles. The van der Waals surface area contributed by atoms with Crippen molar-refractivity contribution in [2.45, 2.75) is 19.9 Å². The van der Waals surface area contributed by atoms with Crippen LogP contribution in [0.1, 0.15) is 25.5 Å². The van der Waals surface area contributed by atoms with Crippen molar-refractivity contribution in [3.63, 3.8) is 0 Å². The molecule has 1 amide bonds. The van der Waals surface area contributed by atoms with Crippen molar-refractivity contribution in [1.29, 1.82) is 0 Å². The Morgan fingerprint density at radius 1 is 1.29 bits per heavy atom. The highest BCUT2D eigenvalue weighted by molar-refractivity contribution is 9.10. The molecule has 1 heterocycles. The van der Waals surface area contributed by atoms with Crippen LogP contribution in [-0.2, 0) is 4.79 Å². The number of hydrogen-bond donors (Lipinski definition) is 2. The van der Waals surface area contributed by atoms with Crippen molar-refractivity contribution in [2.24, 2.45) is 5.92 Å². The number of hydrogen-bond acceptors (Lipinski definition) is 4. The fraction of sp³-hybridized carbons (Fsp3) is 0.533. The maximum Gasteiger partial charge on any atom is 0.224 e. The Morgan fingerprint density at radius 3 is 2.52 bits per heavy atom. The molecule has 6 heteroatoms. The molecule has 0 saturated carbocycles. The smallest absolute Gasteiger partial charge is 0.224 e. The van der Waals surface area contributed by atoms with Gasteiger partial charge in [0.25, 0.3) is 0 Å².